The number of hydrogen-bond acceptors (Lipinski definition) is 6. The Labute approximate surface area is 402 Å². The summed E-state index contributed by atoms with van der Waals surface area (Å²) in [5, 5.41) is 12.2. The highest BCUT2D eigenvalue weighted by Gasteiger charge is 2.45. The van der Waals surface area contributed by atoms with E-state index in [0.717, 1.165) is 94.1 Å². The first-order valence-electron chi connectivity index (χ1n) is 24.3. The molecule has 1 aliphatic carbocycles. The van der Waals surface area contributed by atoms with Gasteiger partial charge in [-0.1, -0.05) is 118 Å². The minimum Gasteiger partial charge on any atom is -0.457 e. The molecule has 1 saturated carbocycles. The Hall–Kier alpha value is -8.15. The molecule has 7 aromatic carbocycles. The van der Waals surface area contributed by atoms with Crippen LogP contribution in [-0.2, 0) is 23.8 Å². The number of benzene rings is 7. The first-order valence-corrected chi connectivity index (χ1v) is 24.3. The van der Waals surface area contributed by atoms with Gasteiger partial charge in [-0.3, -0.25) is 4.57 Å². The summed E-state index contributed by atoms with van der Waals surface area (Å²) < 4.78 is 11.6. The molecule has 3 aliphatic rings. The van der Waals surface area contributed by atoms with E-state index >= 15 is 0 Å². The molecule has 3 aromatic heterocycles. The van der Waals surface area contributed by atoms with E-state index in [1.165, 1.54) is 56.7 Å². The van der Waals surface area contributed by atoms with Crippen molar-refractivity contribution < 1.29 is 4.74 Å². The molecule has 0 spiro atoms. The van der Waals surface area contributed by atoms with E-state index in [1.54, 1.807) is 0 Å². The predicted molar refractivity (Wildman–Crippen MR) is 279 cm³/mol. The topological polar surface area (TPSA) is 75.1 Å². The van der Waals surface area contributed by atoms with Crippen LogP contribution in [0.5, 0.6) is 11.5 Å². The Balaban J connectivity index is 0.922. The lowest BCUT2D eigenvalue weighted by atomic mass is 9.86. The number of para-hydroxylation sites is 1. The van der Waals surface area contributed by atoms with Crippen LogP contribution in [-0.4, -0.2) is 25.8 Å². The van der Waals surface area contributed by atoms with E-state index in [4.69, 9.17) is 14.7 Å². The number of hydrogen-bond donors (Lipinski definition) is 0. The third-order valence-corrected chi connectivity index (χ3v) is 14.8. The molecule has 0 amide bonds. The largest absolute Gasteiger partial charge is 0.457 e. The molecule has 8 nitrogen and oxygen atoms in total. The molecule has 13 rings (SSSR count). The third kappa shape index (κ3) is 6.86. The van der Waals surface area contributed by atoms with Gasteiger partial charge >= 0.3 is 0 Å². The molecule has 1 fully saturated rings. The van der Waals surface area contributed by atoms with Crippen molar-refractivity contribution >= 4 is 55.6 Å². The van der Waals surface area contributed by atoms with Gasteiger partial charge in [-0.2, -0.15) is 5.26 Å². The minimum atomic E-state index is -0.401. The lowest BCUT2D eigenvalue weighted by Crippen LogP contribution is -2.25. The van der Waals surface area contributed by atoms with Crippen LogP contribution in [0.25, 0.3) is 60.9 Å². The lowest BCUT2D eigenvalue weighted by Gasteiger charge is -2.27. The van der Waals surface area contributed by atoms with E-state index in [9.17, 15) is 5.26 Å². The van der Waals surface area contributed by atoms with Gasteiger partial charge in [-0.05, 0) is 108 Å². The number of aryl methyl sites for hydroxylation is 2. The zero-order valence-corrected chi connectivity index (χ0v) is 39.2. The van der Waals surface area contributed by atoms with Crippen molar-refractivity contribution in [1.29, 1.82) is 5.26 Å². The van der Waals surface area contributed by atoms with Crippen molar-refractivity contribution in [3.8, 4) is 45.6 Å². The van der Waals surface area contributed by atoms with Gasteiger partial charge in [-0.15, -0.1) is 0 Å². The van der Waals surface area contributed by atoms with Crippen molar-refractivity contribution in [2.75, 3.05) is 16.5 Å². The zero-order valence-electron chi connectivity index (χ0n) is 39.2. The fourth-order valence-corrected chi connectivity index (χ4v) is 10.9. The summed E-state index contributed by atoms with van der Waals surface area (Å²) in [5.74, 6) is 3.46. The Morgan fingerprint density at radius 1 is 0.638 bits per heavy atom. The van der Waals surface area contributed by atoms with Crippen molar-refractivity contribution in [1.82, 2.24) is 19.1 Å². The van der Waals surface area contributed by atoms with Crippen molar-refractivity contribution in [2.24, 2.45) is 0 Å². The Bertz CT molecular complexity index is 3630. The van der Waals surface area contributed by atoms with E-state index < -0.39 is 5.41 Å². The second-order valence-corrected chi connectivity index (χ2v) is 20.1. The van der Waals surface area contributed by atoms with Gasteiger partial charge in [0.05, 0.1) is 50.6 Å². The Kier molecular flexibility index (Phi) is 9.35. The number of aromatic nitrogens is 4. The molecule has 2 aliphatic heterocycles. The number of imidazole rings is 1. The molecule has 0 radical (unpaired) electrons. The van der Waals surface area contributed by atoms with Crippen LogP contribution in [0.1, 0.15) is 63.4 Å². The van der Waals surface area contributed by atoms with Crippen molar-refractivity contribution in [2.45, 2.75) is 70.3 Å². The summed E-state index contributed by atoms with van der Waals surface area (Å²) in [7, 11) is 0. The van der Waals surface area contributed by atoms with Gasteiger partial charge in [0.25, 0.3) is 0 Å². The number of ether oxygens (including phenoxy) is 1. The Morgan fingerprint density at radius 3 is 2.09 bits per heavy atom. The van der Waals surface area contributed by atoms with Crippen LogP contribution in [0.15, 0.2) is 170 Å². The highest BCUT2D eigenvalue weighted by molar-refractivity contribution is 6.10. The monoisotopic (exact) mass is 897 g/mol. The van der Waals surface area contributed by atoms with E-state index in [2.05, 4.69) is 203 Å². The fraction of sp³-hybridized carbons (Fsp3) is 0.197. The van der Waals surface area contributed by atoms with Gasteiger partial charge in [0.2, 0.25) is 0 Å². The minimum absolute atomic E-state index is 0.0150. The molecule has 69 heavy (non-hydrogen) atoms. The number of nitrogens with zero attached hydrogens (tertiary/aromatic N) is 7. The molecule has 0 saturated heterocycles. The molecule has 336 valence electrons. The summed E-state index contributed by atoms with van der Waals surface area (Å²) in [6, 6.07) is 61.3. The first kappa shape index (κ1) is 41.1. The highest BCUT2D eigenvalue weighted by atomic mass is 16.5. The standard InChI is InChI=1S/C61H51N7O/c1-60(2,3)42-23-27-52-50(32-42)49-26-25-46(34-53(49)68(52)57-28-24-43(37-63-57)61(38-62)29-30-61)69-45-19-12-18-44(33-45)66-39-67(56-36-54-51(35-55(56)66)64-58-22-10-11-31-65(54)58)59-47(40-14-6-4-7-15-40)20-13-21-48(59)41-16-8-5-9-17-41/h4-9,12-21,23-28,32-37H,10-11,22,29-31,39H2,1-3H3. The summed E-state index contributed by atoms with van der Waals surface area (Å²) >= 11 is 0. The van der Waals surface area contributed by atoms with Crippen LogP contribution >= 0.6 is 0 Å². The number of nitriles is 1. The van der Waals surface area contributed by atoms with Gasteiger partial charge in [0.15, 0.2) is 0 Å². The Morgan fingerprint density at radius 2 is 1.38 bits per heavy atom. The lowest BCUT2D eigenvalue weighted by molar-refractivity contribution is 0.483. The molecule has 10 aromatic rings. The number of anilines is 4. The first-order chi connectivity index (χ1) is 33.7. The van der Waals surface area contributed by atoms with Crippen molar-refractivity contribution in [3.63, 3.8) is 0 Å². The van der Waals surface area contributed by atoms with Crippen LogP contribution in [0.2, 0.25) is 0 Å². The summed E-state index contributed by atoms with van der Waals surface area (Å²) in [5.41, 5.74) is 15.3. The van der Waals surface area contributed by atoms with E-state index in [1.807, 2.05) is 12.3 Å². The summed E-state index contributed by atoms with van der Waals surface area (Å²) in [6.45, 7) is 8.34. The molecule has 0 bridgehead atoms. The number of pyridine rings is 1. The van der Waals surface area contributed by atoms with Crippen LogP contribution in [0, 0.1) is 11.3 Å². The highest BCUT2D eigenvalue weighted by Crippen LogP contribution is 2.52. The SMILES string of the molecule is CC(C)(C)c1ccc2c(c1)c1ccc(Oc3cccc(N4CN(c5c(-c6ccccc6)cccc5-c5ccccc5)c5cc6c(cc54)nc4n6CCCC4)c3)cc1n2-c1ccc(C2(C#N)CC2)cn1. The number of rotatable bonds is 8. The molecular weight excluding hydrogens is 847 g/mol. The summed E-state index contributed by atoms with van der Waals surface area (Å²) in [6.07, 6.45) is 6.98. The third-order valence-electron chi connectivity index (χ3n) is 14.8. The maximum atomic E-state index is 9.93. The molecule has 5 heterocycles. The summed E-state index contributed by atoms with van der Waals surface area (Å²) in [4.78, 5) is 15.2. The number of fused-ring (bicyclic) bond motifs is 7. The van der Waals surface area contributed by atoms with E-state index in [-0.39, 0.29) is 5.41 Å². The van der Waals surface area contributed by atoms with Gasteiger partial charge < -0.3 is 19.1 Å². The molecular formula is C61H51N7O. The van der Waals surface area contributed by atoms with Crippen LogP contribution < -0.4 is 14.5 Å². The smallest absolute Gasteiger partial charge is 0.137 e. The van der Waals surface area contributed by atoms with Crippen LogP contribution in [0.3, 0.4) is 0 Å². The zero-order chi connectivity index (χ0) is 46.4. The average molecular weight is 898 g/mol. The quantitative estimate of drug-likeness (QED) is 0.151. The molecule has 0 N–H and O–H groups in total. The second-order valence-electron chi connectivity index (χ2n) is 20.1. The normalized spacial score (nSPS) is 15.1. The predicted octanol–water partition coefficient (Wildman–Crippen LogP) is 15.1. The average Bonchev–Trinajstić information content (AvgIpc) is 3.84. The molecule has 8 heteroatoms. The van der Waals surface area contributed by atoms with Crippen molar-refractivity contribution in [3.05, 3.63) is 187 Å². The second kappa shape index (κ2) is 15.7. The maximum absolute atomic E-state index is 9.93. The van der Waals surface area contributed by atoms with E-state index in [0.29, 0.717) is 6.67 Å². The van der Waals surface area contributed by atoms with Gasteiger partial charge in [-0.25, -0.2) is 9.97 Å². The molecule has 0 atom stereocenters. The van der Waals surface area contributed by atoms with Gasteiger partial charge in [0, 0.05) is 58.9 Å². The van der Waals surface area contributed by atoms with Gasteiger partial charge in [0.1, 0.15) is 29.8 Å². The van der Waals surface area contributed by atoms with Crippen LogP contribution in [0.4, 0.5) is 22.7 Å². The maximum Gasteiger partial charge on any atom is 0.137 e. The molecule has 0 unspecified atom stereocenters. The fourth-order valence-electron chi connectivity index (χ4n) is 10.9.